The van der Waals surface area contributed by atoms with E-state index < -0.39 is 22.0 Å². The number of fused-ring (bicyclic) bond motifs is 1. The Morgan fingerprint density at radius 3 is 2.39 bits per heavy atom. The van der Waals surface area contributed by atoms with Crippen molar-refractivity contribution in [1.29, 1.82) is 0 Å². The molecule has 146 valence electrons. The molecule has 0 aromatic heterocycles. The van der Waals surface area contributed by atoms with E-state index in [-0.39, 0.29) is 36.9 Å². The second-order valence-electron chi connectivity index (χ2n) is 5.80. The standard InChI is InChI=1S/C19H18N2O6S/c22-17(26-12-13-27-19(23)14-6-2-1-3-7-14)10-11-20-18-15-8-4-5-9-16(15)28(24,25)21-18/h1-9H,10-13H2,(H,20,21). The van der Waals surface area contributed by atoms with Crippen molar-refractivity contribution in [3.8, 4) is 0 Å². The van der Waals surface area contributed by atoms with Gasteiger partial charge in [0.2, 0.25) is 0 Å². The molecule has 1 N–H and O–H groups in total. The van der Waals surface area contributed by atoms with Gasteiger partial charge in [0.25, 0.3) is 10.0 Å². The molecular formula is C19H18N2O6S. The summed E-state index contributed by atoms with van der Waals surface area (Å²) in [6.45, 7) is -0.0561. The number of ether oxygens (including phenoxy) is 2. The maximum atomic E-state index is 12.0. The molecule has 0 radical (unpaired) electrons. The van der Waals surface area contributed by atoms with Gasteiger partial charge in [-0.3, -0.25) is 14.5 Å². The van der Waals surface area contributed by atoms with Gasteiger partial charge in [-0.05, 0) is 24.3 Å². The molecule has 0 fully saturated rings. The van der Waals surface area contributed by atoms with E-state index in [4.69, 9.17) is 9.47 Å². The van der Waals surface area contributed by atoms with Crippen LogP contribution in [0.15, 0.2) is 64.5 Å². The Kier molecular flexibility index (Phi) is 6.05. The Hall–Kier alpha value is -3.20. The lowest BCUT2D eigenvalue weighted by Crippen LogP contribution is -2.22. The monoisotopic (exact) mass is 402 g/mol. The molecule has 2 aromatic rings. The van der Waals surface area contributed by atoms with Gasteiger partial charge in [-0.25, -0.2) is 13.2 Å². The quantitative estimate of drug-likeness (QED) is 0.555. The summed E-state index contributed by atoms with van der Waals surface area (Å²) in [4.78, 5) is 27.8. The molecule has 1 aliphatic rings. The summed E-state index contributed by atoms with van der Waals surface area (Å²) >= 11 is 0. The van der Waals surface area contributed by atoms with Gasteiger partial charge < -0.3 is 9.47 Å². The van der Waals surface area contributed by atoms with Crippen molar-refractivity contribution < 1.29 is 27.5 Å². The molecular weight excluding hydrogens is 384 g/mol. The number of sulfonamides is 1. The number of carbonyl (C=O) groups is 2. The number of nitrogens with one attached hydrogen (secondary N) is 1. The summed E-state index contributed by atoms with van der Waals surface area (Å²) in [6.07, 6.45) is -0.0278. The number of nitrogens with zero attached hydrogens (tertiary/aromatic N) is 1. The molecule has 3 rings (SSSR count). The highest BCUT2D eigenvalue weighted by Crippen LogP contribution is 2.22. The van der Waals surface area contributed by atoms with Crippen LogP contribution in [0.4, 0.5) is 0 Å². The summed E-state index contributed by atoms with van der Waals surface area (Å²) < 4.78 is 36.3. The normalized spacial score (nSPS) is 15.5. The fraction of sp³-hybridized carbons (Fsp3) is 0.211. The smallest absolute Gasteiger partial charge is 0.338 e. The van der Waals surface area contributed by atoms with Crippen LogP contribution in [0.25, 0.3) is 0 Å². The first-order valence-corrected chi connectivity index (χ1v) is 10.0. The van der Waals surface area contributed by atoms with Gasteiger partial charge in [-0.2, -0.15) is 0 Å². The summed E-state index contributed by atoms with van der Waals surface area (Å²) in [5.41, 5.74) is 0.896. The van der Waals surface area contributed by atoms with Crippen LogP contribution in [0, 0.1) is 0 Å². The maximum Gasteiger partial charge on any atom is 0.338 e. The molecule has 0 bridgehead atoms. The average molecular weight is 402 g/mol. The number of carbonyl (C=O) groups excluding carboxylic acids is 2. The van der Waals surface area contributed by atoms with E-state index in [0.29, 0.717) is 11.1 Å². The summed E-state index contributed by atoms with van der Waals surface area (Å²) in [5.74, 6) is -0.801. The van der Waals surface area contributed by atoms with Crippen LogP contribution >= 0.6 is 0 Å². The number of hydrogen-bond donors (Lipinski definition) is 1. The van der Waals surface area contributed by atoms with Gasteiger partial charge in [0.15, 0.2) is 0 Å². The predicted molar refractivity (Wildman–Crippen MR) is 100 cm³/mol. The fourth-order valence-electron chi connectivity index (χ4n) is 2.53. The molecule has 0 unspecified atom stereocenters. The van der Waals surface area contributed by atoms with Gasteiger partial charge in [0.05, 0.1) is 23.4 Å². The molecule has 0 saturated heterocycles. The maximum absolute atomic E-state index is 12.0. The van der Waals surface area contributed by atoms with E-state index in [0.717, 1.165) is 0 Å². The van der Waals surface area contributed by atoms with Gasteiger partial charge in [-0.15, -0.1) is 0 Å². The van der Waals surface area contributed by atoms with Gasteiger partial charge >= 0.3 is 11.9 Å². The van der Waals surface area contributed by atoms with E-state index in [1.54, 1.807) is 48.5 Å². The van der Waals surface area contributed by atoms with Crippen molar-refractivity contribution in [2.24, 2.45) is 4.99 Å². The Labute approximate surface area is 162 Å². The van der Waals surface area contributed by atoms with Crippen LogP contribution < -0.4 is 4.72 Å². The Balaban J connectivity index is 1.41. The first-order valence-electron chi connectivity index (χ1n) is 8.52. The lowest BCUT2D eigenvalue weighted by atomic mass is 10.2. The first-order chi connectivity index (χ1) is 13.5. The molecule has 0 amide bonds. The summed E-state index contributed by atoms with van der Waals surface area (Å²) in [5, 5.41) is 0. The molecule has 2 aromatic carbocycles. The highest BCUT2D eigenvalue weighted by atomic mass is 32.2. The molecule has 9 heteroatoms. The van der Waals surface area contributed by atoms with Crippen molar-refractivity contribution in [2.45, 2.75) is 11.3 Å². The van der Waals surface area contributed by atoms with E-state index in [2.05, 4.69) is 9.71 Å². The highest BCUT2D eigenvalue weighted by molar-refractivity contribution is 7.90. The second-order valence-corrected chi connectivity index (χ2v) is 7.46. The molecule has 1 aliphatic heterocycles. The molecule has 1 heterocycles. The molecule has 28 heavy (non-hydrogen) atoms. The lowest BCUT2D eigenvalue weighted by molar-refractivity contribution is -0.144. The minimum absolute atomic E-state index is 0.0278. The van der Waals surface area contributed by atoms with E-state index in [9.17, 15) is 18.0 Å². The summed E-state index contributed by atoms with van der Waals surface area (Å²) in [7, 11) is -3.60. The van der Waals surface area contributed by atoms with E-state index in [1.165, 1.54) is 6.07 Å². The Bertz CT molecular complexity index is 1000. The zero-order valence-electron chi connectivity index (χ0n) is 14.8. The number of benzene rings is 2. The fourth-order valence-corrected chi connectivity index (χ4v) is 3.78. The van der Waals surface area contributed by atoms with E-state index in [1.807, 2.05) is 0 Å². The van der Waals surface area contributed by atoms with Gasteiger partial charge in [-0.1, -0.05) is 30.3 Å². The molecule has 0 aliphatic carbocycles. The number of aliphatic imine (C=N–C) groups is 1. The predicted octanol–water partition coefficient (Wildman–Crippen LogP) is 1.52. The minimum Gasteiger partial charge on any atom is -0.462 e. The SMILES string of the molecule is O=C(CCN=C1NS(=O)(=O)c2ccccc21)OCCOC(=O)c1ccccc1. The van der Waals surface area contributed by atoms with Crippen LogP contribution in [-0.2, 0) is 24.3 Å². The topological polar surface area (TPSA) is 111 Å². The molecule has 0 atom stereocenters. The van der Waals surface area contributed by atoms with E-state index >= 15 is 0 Å². The third-order valence-electron chi connectivity index (χ3n) is 3.84. The highest BCUT2D eigenvalue weighted by Gasteiger charge is 2.29. The van der Waals surface area contributed by atoms with Crippen molar-refractivity contribution in [3.63, 3.8) is 0 Å². The number of rotatable bonds is 7. The van der Waals surface area contributed by atoms with Crippen LogP contribution in [0.5, 0.6) is 0 Å². The van der Waals surface area contributed by atoms with Crippen LogP contribution in [0.3, 0.4) is 0 Å². The van der Waals surface area contributed by atoms with Crippen molar-refractivity contribution in [2.75, 3.05) is 19.8 Å². The van der Waals surface area contributed by atoms with Crippen LogP contribution in [-0.4, -0.2) is 46.0 Å². The third kappa shape index (κ3) is 4.74. The van der Waals surface area contributed by atoms with Crippen molar-refractivity contribution in [1.82, 2.24) is 4.72 Å². The van der Waals surface area contributed by atoms with Crippen LogP contribution in [0.2, 0.25) is 0 Å². The molecule has 0 saturated carbocycles. The Morgan fingerprint density at radius 2 is 1.61 bits per heavy atom. The molecule has 8 nitrogen and oxygen atoms in total. The Morgan fingerprint density at radius 1 is 0.929 bits per heavy atom. The zero-order chi connectivity index (χ0) is 20.0. The largest absolute Gasteiger partial charge is 0.462 e. The molecule has 0 spiro atoms. The van der Waals surface area contributed by atoms with Crippen LogP contribution in [0.1, 0.15) is 22.3 Å². The minimum atomic E-state index is -3.60. The zero-order valence-corrected chi connectivity index (χ0v) is 15.6. The third-order valence-corrected chi connectivity index (χ3v) is 5.23. The number of esters is 2. The van der Waals surface area contributed by atoms with Crippen molar-refractivity contribution in [3.05, 3.63) is 65.7 Å². The van der Waals surface area contributed by atoms with Crippen molar-refractivity contribution >= 4 is 27.8 Å². The number of amidine groups is 1. The van der Waals surface area contributed by atoms with Gasteiger partial charge in [0, 0.05) is 5.56 Å². The average Bonchev–Trinajstić information content (AvgIpc) is 2.96. The summed E-state index contributed by atoms with van der Waals surface area (Å²) in [6, 6.07) is 15.0. The lowest BCUT2D eigenvalue weighted by Gasteiger charge is -2.06. The number of hydrogen-bond acceptors (Lipinski definition) is 7. The second kappa shape index (κ2) is 8.66. The van der Waals surface area contributed by atoms with Gasteiger partial charge in [0.1, 0.15) is 19.0 Å². The first kappa shape index (κ1) is 19.6.